The van der Waals surface area contributed by atoms with Crippen molar-refractivity contribution in [1.29, 1.82) is 0 Å². The maximum absolute atomic E-state index is 12.0. The summed E-state index contributed by atoms with van der Waals surface area (Å²) < 4.78 is 0. The molecule has 1 aromatic carbocycles. The number of hydrogen-bond acceptors (Lipinski definition) is 2. The lowest BCUT2D eigenvalue weighted by Gasteiger charge is -2.18. The second-order valence-electron chi connectivity index (χ2n) is 5.03. The Hall–Kier alpha value is -1.84. The number of carboxylic acid groups (broad SMARTS) is 1. The Balaban J connectivity index is 2.68. The van der Waals surface area contributed by atoms with Gasteiger partial charge in [0.1, 0.15) is 0 Å². The predicted molar refractivity (Wildman–Crippen MR) is 74.0 cm³/mol. The first-order valence-corrected chi connectivity index (χ1v) is 6.40. The summed E-state index contributed by atoms with van der Waals surface area (Å²) in [4.78, 5) is 22.8. The van der Waals surface area contributed by atoms with E-state index in [-0.39, 0.29) is 18.4 Å². The molecule has 0 aliphatic heterocycles. The number of aliphatic carboxylic acids is 1. The van der Waals surface area contributed by atoms with Crippen LogP contribution in [0, 0.1) is 19.8 Å². The van der Waals surface area contributed by atoms with Gasteiger partial charge in [-0.05, 0) is 44.4 Å². The number of aryl methyl sites for hydroxylation is 2. The number of amides is 1. The molecule has 4 heteroatoms. The highest BCUT2D eigenvalue weighted by Gasteiger charge is 2.21. The number of nitrogens with one attached hydrogen (secondary N) is 1. The molecular formula is C15H21NO3. The highest BCUT2D eigenvalue weighted by molar-refractivity contribution is 5.80. The minimum atomic E-state index is -0.903. The Morgan fingerprint density at radius 2 is 1.74 bits per heavy atom. The van der Waals surface area contributed by atoms with E-state index in [9.17, 15) is 9.59 Å². The van der Waals surface area contributed by atoms with Gasteiger partial charge < -0.3 is 10.4 Å². The second-order valence-corrected chi connectivity index (χ2v) is 5.03. The molecule has 2 atom stereocenters. The molecule has 19 heavy (non-hydrogen) atoms. The second kappa shape index (κ2) is 6.36. The molecule has 0 bridgehead atoms. The van der Waals surface area contributed by atoms with Crippen LogP contribution < -0.4 is 5.32 Å². The predicted octanol–water partition coefficient (Wildman–Crippen LogP) is 2.07. The summed E-state index contributed by atoms with van der Waals surface area (Å²) in [5, 5.41) is 11.6. The number of carboxylic acids is 1. The summed E-state index contributed by atoms with van der Waals surface area (Å²) in [7, 11) is 0. The van der Waals surface area contributed by atoms with Gasteiger partial charge in [-0.2, -0.15) is 0 Å². The van der Waals surface area contributed by atoms with Gasteiger partial charge in [0.25, 0.3) is 0 Å². The van der Waals surface area contributed by atoms with Crippen molar-refractivity contribution < 1.29 is 14.7 Å². The zero-order chi connectivity index (χ0) is 14.6. The van der Waals surface area contributed by atoms with Gasteiger partial charge >= 0.3 is 5.97 Å². The van der Waals surface area contributed by atoms with Gasteiger partial charge in [-0.1, -0.05) is 18.2 Å². The molecule has 1 rings (SSSR count). The van der Waals surface area contributed by atoms with Crippen LogP contribution >= 0.6 is 0 Å². The standard InChI is InChI=1S/C15H21NO3/c1-9-6-5-7-10(2)13(9)8-14(17)16-12(4)11(3)15(18)19/h5-7,11-12H,8H2,1-4H3,(H,16,17)(H,18,19). The smallest absolute Gasteiger partial charge is 0.308 e. The Bertz CT molecular complexity index is 462. The Morgan fingerprint density at radius 3 is 2.21 bits per heavy atom. The monoisotopic (exact) mass is 263 g/mol. The fourth-order valence-electron chi connectivity index (χ4n) is 1.93. The largest absolute Gasteiger partial charge is 0.481 e. The molecule has 1 amide bonds. The molecule has 104 valence electrons. The molecule has 2 unspecified atom stereocenters. The number of rotatable bonds is 5. The van der Waals surface area contributed by atoms with Crippen LogP contribution in [0.5, 0.6) is 0 Å². The fourth-order valence-corrected chi connectivity index (χ4v) is 1.93. The minimum absolute atomic E-state index is 0.141. The molecule has 0 heterocycles. The van der Waals surface area contributed by atoms with Crippen molar-refractivity contribution in [3.8, 4) is 0 Å². The van der Waals surface area contributed by atoms with E-state index >= 15 is 0 Å². The highest BCUT2D eigenvalue weighted by Crippen LogP contribution is 2.14. The van der Waals surface area contributed by atoms with E-state index in [4.69, 9.17) is 5.11 Å². The molecule has 0 saturated heterocycles. The maximum atomic E-state index is 12.0. The Labute approximate surface area is 113 Å². The minimum Gasteiger partial charge on any atom is -0.481 e. The van der Waals surface area contributed by atoms with Crippen LogP contribution in [0.4, 0.5) is 0 Å². The van der Waals surface area contributed by atoms with Crippen LogP contribution in [0.1, 0.15) is 30.5 Å². The van der Waals surface area contributed by atoms with Crippen molar-refractivity contribution in [3.63, 3.8) is 0 Å². The van der Waals surface area contributed by atoms with Crippen molar-refractivity contribution in [2.45, 2.75) is 40.2 Å². The van der Waals surface area contributed by atoms with E-state index in [1.165, 1.54) is 0 Å². The summed E-state index contributed by atoms with van der Waals surface area (Å²) in [5.74, 6) is -1.64. The van der Waals surface area contributed by atoms with Gasteiger partial charge in [0.05, 0.1) is 12.3 Å². The van der Waals surface area contributed by atoms with Crippen molar-refractivity contribution in [1.82, 2.24) is 5.32 Å². The van der Waals surface area contributed by atoms with Crippen molar-refractivity contribution in [3.05, 3.63) is 34.9 Å². The zero-order valence-corrected chi connectivity index (χ0v) is 11.9. The molecule has 0 aliphatic rings. The van der Waals surface area contributed by atoms with Crippen LogP contribution in [0.2, 0.25) is 0 Å². The third kappa shape index (κ3) is 4.09. The molecule has 2 N–H and O–H groups in total. The van der Waals surface area contributed by atoms with E-state index in [2.05, 4.69) is 5.32 Å². The van der Waals surface area contributed by atoms with Crippen LogP contribution in [0.15, 0.2) is 18.2 Å². The van der Waals surface area contributed by atoms with Gasteiger partial charge in [0.15, 0.2) is 0 Å². The van der Waals surface area contributed by atoms with Crippen LogP contribution in [0.25, 0.3) is 0 Å². The van der Waals surface area contributed by atoms with Crippen molar-refractivity contribution in [2.75, 3.05) is 0 Å². The van der Waals surface area contributed by atoms with E-state index in [0.717, 1.165) is 16.7 Å². The van der Waals surface area contributed by atoms with E-state index < -0.39 is 11.9 Å². The normalized spacial score (nSPS) is 13.7. The SMILES string of the molecule is Cc1cccc(C)c1CC(=O)NC(C)C(C)C(=O)O. The average molecular weight is 263 g/mol. The first-order valence-electron chi connectivity index (χ1n) is 6.40. The van der Waals surface area contributed by atoms with Crippen LogP contribution in [0.3, 0.4) is 0 Å². The topological polar surface area (TPSA) is 66.4 Å². The molecule has 0 spiro atoms. The molecule has 1 aromatic rings. The Morgan fingerprint density at radius 1 is 1.21 bits per heavy atom. The van der Waals surface area contributed by atoms with Gasteiger partial charge in [-0.3, -0.25) is 9.59 Å². The molecule has 0 aromatic heterocycles. The zero-order valence-electron chi connectivity index (χ0n) is 11.9. The lowest BCUT2D eigenvalue weighted by Crippen LogP contribution is -2.40. The lowest BCUT2D eigenvalue weighted by atomic mass is 9.99. The number of carbonyl (C=O) groups is 2. The van der Waals surface area contributed by atoms with Gasteiger partial charge in [-0.25, -0.2) is 0 Å². The molecule has 0 saturated carbocycles. The maximum Gasteiger partial charge on any atom is 0.308 e. The third-order valence-corrected chi connectivity index (χ3v) is 3.51. The number of hydrogen-bond donors (Lipinski definition) is 2. The summed E-state index contributed by atoms with van der Waals surface area (Å²) in [5.41, 5.74) is 3.17. The van der Waals surface area contributed by atoms with Crippen LogP contribution in [-0.2, 0) is 16.0 Å². The fraction of sp³-hybridized carbons (Fsp3) is 0.467. The molecular weight excluding hydrogens is 242 g/mol. The van der Waals surface area contributed by atoms with Gasteiger partial charge in [-0.15, -0.1) is 0 Å². The summed E-state index contributed by atoms with van der Waals surface area (Å²) in [6, 6.07) is 5.52. The summed E-state index contributed by atoms with van der Waals surface area (Å²) >= 11 is 0. The number of benzene rings is 1. The first kappa shape index (κ1) is 15.2. The summed E-state index contributed by atoms with van der Waals surface area (Å²) in [6.07, 6.45) is 0.287. The quantitative estimate of drug-likeness (QED) is 0.854. The molecule has 0 fully saturated rings. The van der Waals surface area contributed by atoms with E-state index in [0.29, 0.717) is 0 Å². The van der Waals surface area contributed by atoms with Crippen molar-refractivity contribution in [2.24, 2.45) is 5.92 Å². The van der Waals surface area contributed by atoms with Crippen molar-refractivity contribution >= 4 is 11.9 Å². The number of carbonyl (C=O) groups excluding carboxylic acids is 1. The van der Waals surface area contributed by atoms with E-state index in [1.807, 2.05) is 32.0 Å². The van der Waals surface area contributed by atoms with Gasteiger partial charge in [0.2, 0.25) is 5.91 Å². The third-order valence-electron chi connectivity index (χ3n) is 3.51. The molecule has 4 nitrogen and oxygen atoms in total. The van der Waals surface area contributed by atoms with Crippen LogP contribution in [-0.4, -0.2) is 23.0 Å². The summed E-state index contributed by atoms with van der Waals surface area (Å²) in [6.45, 7) is 7.24. The Kier molecular flexibility index (Phi) is 5.10. The first-order chi connectivity index (χ1) is 8.82. The highest BCUT2D eigenvalue weighted by atomic mass is 16.4. The average Bonchev–Trinajstić information content (AvgIpc) is 2.32. The lowest BCUT2D eigenvalue weighted by molar-refractivity contribution is -0.142. The van der Waals surface area contributed by atoms with E-state index in [1.54, 1.807) is 13.8 Å². The molecule has 0 radical (unpaired) electrons. The van der Waals surface area contributed by atoms with Gasteiger partial charge in [0, 0.05) is 6.04 Å². The molecule has 0 aliphatic carbocycles.